The average molecular weight is 343 g/mol. The molecule has 2 heterocycles. The Kier molecular flexibility index (Phi) is 4.97. The Balaban J connectivity index is 1.57. The lowest BCUT2D eigenvalue weighted by Crippen LogP contribution is -2.47. The quantitative estimate of drug-likeness (QED) is 0.742. The van der Waals surface area contributed by atoms with Crippen LogP contribution in [0.5, 0.6) is 0 Å². The van der Waals surface area contributed by atoms with Gasteiger partial charge in [-0.05, 0) is 25.0 Å². The molecule has 0 aliphatic carbocycles. The SMILES string of the molecule is NC(=O)N1CCCC(C(=O)NCCc2nc3ccccc3c(=O)[nH]2)C1. The molecule has 2 aromatic rings. The summed E-state index contributed by atoms with van der Waals surface area (Å²) in [5.74, 6) is 0.186. The van der Waals surface area contributed by atoms with Crippen molar-refractivity contribution in [2.75, 3.05) is 19.6 Å². The summed E-state index contributed by atoms with van der Waals surface area (Å²) in [7, 11) is 0. The summed E-state index contributed by atoms with van der Waals surface area (Å²) < 4.78 is 0. The van der Waals surface area contributed by atoms with Gasteiger partial charge >= 0.3 is 6.03 Å². The summed E-state index contributed by atoms with van der Waals surface area (Å²) in [6.45, 7) is 1.32. The lowest BCUT2D eigenvalue weighted by Gasteiger charge is -2.30. The molecule has 0 bridgehead atoms. The number of carbonyl (C=O) groups is 2. The van der Waals surface area contributed by atoms with E-state index < -0.39 is 6.03 Å². The molecule has 8 nitrogen and oxygen atoms in total. The van der Waals surface area contributed by atoms with Gasteiger partial charge in [0.15, 0.2) is 0 Å². The number of urea groups is 1. The van der Waals surface area contributed by atoms with Crippen molar-refractivity contribution in [2.45, 2.75) is 19.3 Å². The summed E-state index contributed by atoms with van der Waals surface area (Å²) >= 11 is 0. The monoisotopic (exact) mass is 343 g/mol. The van der Waals surface area contributed by atoms with E-state index in [1.54, 1.807) is 18.2 Å². The summed E-state index contributed by atoms with van der Waals surface area (Å²) in [6, 6.07) is 6.63. The van der Waals surface area contributed by atoms with Gasteiger partial charge < -0.3 is 20.9 Å². The first kappa shape index (κ1) is 16.9. The number of rotatable bonds is 4. The summed E-state index contributed by atoms with van der Waals surface area (Å²) in [5.41, 5.74) is 5.73. The number of nitrogens with zero attached hydrogens (tertiary/aromatic N) is 2. The van der Waals surface area contributed by atoms with Crippen LogP contribution in [0.15, 0.2) is 29.1 Å². The molecule has 1 aliphatic heterocycles. The van der Waals surface area contributed by atoms with E-state index in [-0.39, 0.29) is 17.4 Å². The number of para-hydroxylation sites is 1. The molecular formula is C17H21N5O3. The van der Waals surface area contributed by atoms with Gasteiger partial charge in [0, 0.05) is 26.1 Å². The highest BCUT2D eigenvalue weighted by Crippen LogP contribution is 2.16. The number of nitrogens with two attached hydrogens (primary N) is 1. The topological polar surface area (TPSA) is 121 Å². The van der Waals surface area contributed by atoms with Gasteiger partial charge in [-0.2, -0.15) is 0 Å². The number of aromatic nitrogens is 2. The van der Waals surface area contributed by atoms with E-state index in [0.29, 0.717) is 42.8 Å². The van der Waals surface area contributed by atoms with Gasteiger partial charge in [0.2, 0.25) is 5.91 Å². The normalized spacial score (nSPS) is 17.4. The maximum atomic E-state index is 12.3. The van der Waals surface area contributed by atoms with Gasteiger partial charge in [-0.15, -0.1) is 0 Å². The number of fused-ring (bicyclic) bond motifs is 1. The molecule has 0 spiro atoms. The molecule has 25 heavy (non-hydrogen) atoms. The number of hydrogen-bond donors (Lipinski definition) is 3. The van der Waals surface area contributed by atoms with Crippen LogP contribution >= 0.6 is 0 Å². The number of piperidine rings is 1. The molecule has 3 amide bonds. The van der Waals surface area contributed by atoms with Crippen molar-refractivity contribution in [3.63, 3.8) is 0 Å². The van der Waals surface area contributed by atoms with Crippen molar-refractivity contribution >= 4 is 22.8 Å². The first-order chi connectivity index (χ1) is 12.0. The number of likely N-dealkylation sites (tertiary alicyclic amines) is 1. The Morgan fingerprint density at radius 3 is 2.96 bits per heavy atom. The lowest BCUT2D eigenvalue weighted by atomic mass is 9.97. The largest absolute Gasteiger partial charge is 0.355 e. The highest BCUT2D eigenvalue weighted by molar-refractivity contribution is 5.80. The number of hydrogen-bond acceptors (Lipinski definition) is 4. The lowest BCUT2D eigenvalue weighted by molar-refractivity contribution is -0.126. The average Bonchev–Trinajstić information content (AvgIpc) is 2.62. The predicted molar refractivity (Wildman–Crippen MR) is 93.0 cm³/mol. The third-order valence-corrected chi connectivity index (χ3v) is 4.43. The van der Waals surface area contributed by atoms with Gasteiger partial charge in [-0.1, -0.05) is 12.1 Å². The fraction of sp³-hybridized carbons (Fsp3) is 0.412. The van der Waals surface area contributed by atoms with E-state index in [9.17, 15) is 14.4 Å². The Labute approximate surface area is 144 Å². The number of primary amides is 1. The summed E-state index contributed by atoms with van der Waals surface area (Å²) in [6.07, 6.45) is 1.93. The molecule has 1 atom stereocenters. The van der Waals surface area contributed by atoms with Crippen molar-refractivity contribution in [1.82, 2.24) is 20.2 Å². The Morgan fingerprint density at radius 2 is 2.16 bits per heavy atom. The van der Waals surface area contributed by atoms with Crippen LogP contribution in [0, 0.1) is 5.92 Å². The van der Waals surface area contributed by atoms with E-state index in [0.717, 1.165) is 12.8 Å². The van der Waals surface area contributed by atoms with Crippen molar-refractivity contribution in [1.29, 1.82) is 0 Å². The zero-order valence-corrected chi connectivity index (χ0v) is 13.8. The minimum atomic E-state index is -0.490. The molecule has 4 N–H and O–H groups in total. The molecule has 1 aliphatic rings. The van der Waals surface area contributed by atoms with E-state index in [4.69, 9.17) is 5.73 Å². The zero-order chi connectivity index (χ0) is 17.8. The minimum Gasteiger partial charge on any atom is -0.355 e. The van der Waals surface area contributed by atoms with Gasteiger partial charge in [-0.3, -0.25) is 9.59 Å². The van der Waals surface area contributed by atoms with Crippen molar-refractivity contribution in [2.24, 2.45) is 11.7 Å². The molecule has 8 heteroatoms. The van der Waals surface area contributed by atoms with Gasteiger partial charge in [-0.25, -0.2) is 9.78 Å². The van der Waals surface area contributed by atoms with Gasteiger partial charge in [0.25, 0.3) is 5.56 Å². The van der Waals surface area contributed by atoms with Crippen LogP contribution in [0.3, 0.4) is 0 Å². The maximum absolute atomic E-state index is 12.3. The number of aromatic amines is 1. The van der Waals surface area contributed by atoms with Crippen LogP contribution < -0.4 is 16.6 Å². The molecule has 132 valence electrons. The van der Waals surface area contributed by atoms with E-state index in [1.165, 1.54) is 4.90 Å². The molecule has 1 aromatic carbocycles. The third-order valence-electron chi connectivity index (χ3n) is 4.43. The highest BCUT2D eigenvalue weighted by Gasteiger charge is 2.27. The standard InChI is InChI=1S/C17H21N5O3/c18-17(25)22-9-3-4-11(10-22)15(23)19-8-7-14-20-13-6-2-1-5-12(13)16(24)21-14/h1-2,5-6,11H,3-4,7-10H2,(H2,18,25)(H,19,23)(H,20,21,24). The minimum absolute atomic E-state index is 0.103. The van der Waals surface area contributed by atoms with E-state index in [1.807, 2.05) is 6.07 Å². The zero-order valence-electron chi connectivity index (χ0n) is 13.8. The number of H-pyrrole nitrogens is 1. The molecule has 1 unspecified atom stereocenters. The molecule has 1 fully saturated rings. The fourth-order valence-electron chi connectivity index (χ4n) is 3.09. The third kappa shape index (κ3) is 3.96. The Hall–Kier alpha value is -2.90. The van der Waals surface area contributed by atoms with Crippen LogP contribution in [0.4, 0.5) is 4.79 Å². The van der Waals surface area contributed by atoms with Crippen molar-refractivity contribution < 1.29 is 9.59 Å². The summed E-state index contributed by atoms with van der Waals surface area (Å²) in [4.78, 5) is 44.1. The molecule has 0 saturated carbocycles. The smallest absolute Gasteiger partial charge is 0.314 e. The van der Waals surface area contributed by atoms with Gasteiger partial charge in [0.1, 0.15) is 5.82 Å². The molecule has 0 radical (unpaired) electrons. The summed E-state index contributed by atoms with van der Waals surface area (Å²) in [5, 5.41) is 3.39. The second-order valence-electron chi connectivity index (χ2n) is 6.19. The number of carbonyl (C=O) groups excluding carboxylic acids is 2. The maximum Gasteiger partial charge on any atom is 0.314 e. The van der Waals surface area contributed by atoms with Crippen LogP contribution in [-0.4, -0.2) is 46.4 Å². The van der Waals surface area contributed by atoms with E-state index >= 15 is 0 Å². The second kappa shape index (κ2) is 7.33. The molecule has 3 rings (SSSR count). The molecule has 1 saturated heterocycles. The predicted octanol–water partition coefficient (Wildman–Crippen LogP) is 0.372. The highest BCUT2D eigenvalue weighted by atomic mass is 16.2. The Bertz CT molecular complexity index is 848. The molecular weight excluding hydrogens is 322 g/mol. The first-order valence-corrected chi connectivity index (χ1v) is 8.34. The number of amides is 3. The molecule has 1 aromatic heterocycles. The van der Waals surface area contributed by atoms with Crippen LogP contribution in [0.25, 0.3) is 10.9 Å². The van der Waals surface area contributed by atoms with Crippen molar-refractivity contribution in [3.8, 4) is 0 Å². The van der Waals surface area contributed by atoms with Crippen LogP contribution in [-0.2, 0) is 11.2 Å². The van der Waals surface area contributed by atoms with Gasteiger partial charge in [0.05, 0.1) is 16.8 Å². The van der Waals surface area contributed by atoms with Crippen LogP contribution in [0.2, 0.25) is 0 Å². The van der Waals surface area contributed by atoms with Crippen LogP contribution in [0.1, 0.15) is 18.7 Å². The number of nitrogens with one attached hydrogen (secondary N) is 2. The first-order valence-electron chi connectivity index (χ1n) is 8.34. The fourth-order valence-corrected chi connectivity index (χ4v) is 3.09. The van der Waals surface area contributed by atoms with Crippen molar-refractivity contribution in [3.05, 3.63) is 40.4 Å². The van der Waals surface area contributed by atoms with E-state index in [2.05, 4.69) is 15.3 Å². The second-order valence-corrected chi connectivity index (χ2v) is 6.19. The Morgan fingerprint density at radius 1 is 1.36 bits per heavy atom. The number of benzene rings is 1.